The number of ether oxygens (including phenoxy) is 1. The molecule has 0 aliphatic carbocycles. The fourth-order valence-corrected chi connectivity index (χ4v) is 2.51. The molecule has 0 spiro atoms. The molecule has 0 unspecified atom stereocenters. The maximum absolute atomic E-state index is 11.8. The zero-order valence-electron chi connectivity index (χ0n) is 9.76. The maximum Gasteiger partial charge on any atom is 0.321 e. The third-order valence-corrected chi connectivity index (χ3v) is 3.66. The number of aryl methyl sites for hydroxylation is 1. The highest BCUT2D eigenvalue weighted by molar-refractivity contribution is 7.89. The van der Waals surface area contributed by atoms with Gasteiger partial charge in [-0.15, -0.1) is 0 Å². The molecule has 0 atom stereocenters. The van der Waals surface area contributed by atoms with Gasteiger partial charge >= 0.3 is 5.97 Å². The van der Waals surface area contributed by atoms with Crippen molar-refractivity contribution < 1.29 is 17.9 Å². The first-order chi connectivity index (χ1) is 7.97. The van der Waals surface area contributed by atoms with Crippen LogP contribution in [0.5, 0.6) is 0 Å². The van der Waals surface area contributed by atoms with Crippen molar-refractivity contribution in [3.63, 3.8) is 0 Å². The molecule has 5 nitrogen and oxygen atoms in total. The summed E-state index contributed by atoms with van der Waals surface area (Å²) in [6, 6.07) is 6.56. The van der Waals surface area contributed by atoms with E-state index in [0.29, 0.717) is 5.56 Å². The summed E-state index contributed by atoms with van der Waals surface area (Å²) in [5.41, 5.74) is 0.629. The standard InChI is InChI=1S/C11H15NO4S/c1-3-16-11(13)8-12-17(14,15)10-7-5-4-6-9(10)2/h4-7,12H,3,8H2,1-2H3. The number of carbonyl (C=O) groups excluding carboxylic acids is 1. The van der Waals surface area contributed by atoms with E-state index in [0.717, 1.165) is 0 Å². The average Bonchev–Trinajstić information content (AvgIpc) is 2.27. The molecule has 0 fully saturated rings. The maximum atomic E-state index is 11.8. The molecular weight excluding hydrogens is 242 g/mol. The lowest BCUT2D eigenvalue weighted by Crippen LogP contribution is -2.31. The number of nitrogens with one attached hydrogen (secondary N) is 1. The Kier molecular flexibility index (Phi) is 4.65. The van der Waals surface area contributed by atoms with Crippen molar-refractivity contribution in [2.24, 2.45) is 0 Å². The van der Waals surface area contributed by atoms with Gasteiger partial charge in [-0.2, -0.15) is 4.72 Å². The van der Waals surface area contributed by atoms with Crippen molar-refractivity contribution in [1.82, 2.24) is 4.72 Å². The van der Waals surface area contributed by atoms with Crippen LogP contribution in [0.3, 0.4) is 0 Å². The molecule has 1 aromatic carbocycles. The normalized spacial score (nSPS) is 11.2. The monoisotopic (exact) mass is 257 g/mol. The Balaban J connectivity index is 2.77. The summed E-state index contributed by atoms with van der Waals surface area (Å²) >= 11 is 0. The molecule has 0 aliphatic heterocycles. The first kappa shape index (κ1) is 13.7. The fraction of sp³-hybridized carbons (Fsp3) is 0.364. The average molecular weight is 257 g/mol. The van der Waals surface area contributed by atoms with E-state index in [-0.39, 0.29) is 18.0 Å². The third kappa shape index (κ3) is 3.83. The minimum atomic E-state index is -3.66. The Morgan fingerprint density at radius 2 is 2.00 bits per heavy atom. The highest BCUT2D eigenvalue weighted by atomic mass is 32.2. The lowest BCUT2D eigenvalue weighted by Gasteiger charge is -2.08. The van der Waals surface area contributed by atoms with E-state index >= 15 is 0 Å². The number of hydrogen-bond acceptors (Lipinski definition) is 4. The molecule has 0 aromatic heterocycles. The van der Waals surface area contributed by atoms with Crippen LogP contribution in [0.15, 0.2) is 29.2 Å². The Labute approximate surface area is 101 Å². The largest absolute Gasteiger partial charge is 0.465 e. The number of rotatable bonds is 5. The van der Waals surface area contributed by atoms with Crippen molar-refractivity contribution in [1.29, 1.82) is 0 Å². The number of carbonyl (C=O) groups is 1. The zero-order valence-corrected chi connectivity index (χ0v) is 10.6. The van der Waals surface area contributed by atoms with E-state index < -0.39 is 16.0 Å². The van der Waals surface area contributed by atoms with E-state index in [4.69, 9.17) is 0 Å². The van der Waals surface area contributed by atoms with Crippen LogP contribution in [0.4, 0.5) is 0 Å². The van der Waals surface area contributed by atoms with Gasteiger partial charge in [0.05, 0.1) is 11.5 Å². The number of sulfonamides is 1. The second kappa shape index (κ2) is 5.79. The fourth-order valence-electron chi connectivity index (χ4n) is 1.30. The molecule has 0 amide bonds. The van der Waals surface area contributed by atoms with Crippen LogP contribution < -0.4 is 4.72 Å². The highest BCUT2D eigenvalue weighted by Crippen LogP contribution is 2.13. The Morgan fingerprint density at radius 3 is 2.59 bits per heavy atom. The molecule has 1 rings (SSSR count). The van der Waals surface area contributed by atoms with Gasteiger partial charge in [0.1, 0.15) is 6.54 Å². The summed E-state index contributed by atoms with van der Waals surface area (Å²) in [5, 5.41) is 0. The van der Waals surface area contributed by atoms with Crippen molar-refractivity contribution in [3.8, 4) is 0 Å². The first-order valence-electron chi connectivity index (χ1n) is 5.18. The lowest BCUT2D eigenvalue weighted by atomic mass is 10.2. The van der Waals surface area contributed by atoms with Gasteiger partial charge in [0, 0.05) is 0 Å². The van der Waals surface area contributed by atoms with Crippen LogP contribution in [-0.4, -0.2) is 27.5 Å². The van der Waals surface area contributed by atoms with Gasteiger partial charge < -0.3 is 4.74 Å². The van der Waals surface area contributed by atoms with Gasteiger partial charge in [0.25, 0.3) is 0 Å². The summed E-state index contributed by atoms with van der Waals surface area (Å²) in [7, 11) is -3.66. The van der Waals surface area contributed by atoms with Crippen molar-refractivity contribution in [3.05, 3.63) is 29.8 Å². The van der Waals surface area contributed by atoms with Gasteiger partial charge in [-0.3, -0.25) is 4.79 Å². The molecular formula is C11H15NO4S. The van der Waals surface area contributed by atoms with Crippen LogP contribution in [0, 0.1) is 6.92 Å². The molecule has 1 N–H and O–H groups in total. The Morgan fingerprint density at radius 1 is 1.35 bits per heavy atom. The summed E-state index contributed by atoms with van der Waals surface area (Å²) < 4.78 is 30.5. The topological polar surface area (TPSA) is 72.5 Å². The van der Waals surface area contributed by atoms with E-state index in [1.165, 1.54) is 6.07 Å². The summed E-state index contributed by atoms with van der Waals surface area (Å²) in [4.78, 5) is 11.2. The van der Waals surface area contributed by atoms with Crippen molar-refractivity contribution in [2.75, 3.05) is 13.2 Å². The predicted molar refractivity (Wildman–Crippen MR) is 63.0 cm³/mol. The molecule has 94 valence electrons. The van der Waals surface area contributed by atoms with Gasteiger partial charge in [0.2, 0.25) is 10.0 Å². The van der Waals surface area contributed by atoms with Gasteiger partial charge in [-0.25, -0.2) is 8.42 Å². The van der Waals surface area contributed by atoms with Crippen molar-refractivity contribution >= 4 is 16.0 Å². The zero-order chi connectivity index (χ0) is 12.9. The summed E-state index contributed by atoms with van der Waals surface area (Å²) in [6.07, 6.45) is 0. The second-order valence-electron chi connectivity index (χ2n) is 3.40. The van der Waals surface area contributed by atoms with Crippen LogP contribution in [0.2, 0.25) is 0 Å². The SMILES string of the molecule is CCOC(=O)CNS(=O)(=O)c1ccccc1C. The van der Waals surface area contributed by atoms with Gasteiger partial charge in [0.15, 0.2) is 0 Å². The Bertz CT molecular complexity index is 496. The van der Waals surface area contributed by atoms with Crippen molar-refractivity contribution in [2.45, 2.75) is 18.7 Å². The van der Waals surface area contributed by atoms with Crippen LogP contribution in [0.1, 0.15) is 12.5 Å². The van der Waals surface area contributed by atoms with Crippen LogP contribution >= 0.6 is 0 Å². The Hall–Kier alpha value is -1.40. The van der Waals surface area contributed by atoms with E-state index in [2.05, 4.69) is 9.46 Å². The third-order valence-electron chi connectivity index (χ3n) is 2.09. The molecule has 1 aromatic rings. The smallest absolute Gasteiger partial charge is 0.321 e. The highest BCUT2D eigenvalue weighted by Gasteiger charge is 2.17. The summed E-state index contributed by atoms with van der Waals surface area (Å²) in [6.45, 7) is 3.22. The van der Waals surface area contributed by atoms with Gasteiger partial charge in [-0.1, -0.05) is 18.2 Å². The molecule has 0 heterocycles. The molecule has 0 radical (unpaired) electrons. The van der Waals surface area contributed by atoms with Crippen LogP contribution in [0.25, 0.3) is 0 Å². The minimum absolute atomic E-state index is 0.171. The van der Waals surface area contributed by atoms with E-state index in [1.807, 2.05) is 0 Å². The lowest BCUT2D eigenvalue weighted by molar-refractivity contribution is -0.141. The molecule has 17 heavy (non-hydrogen) atoms. The van der Waals surface area contributed by atoms with E-state index in [9.17, 15) is 13.2 Å². The summed E-state index contributed by atoms with van der Waals surface area (Å²) in [5.74, 6) is -0.593. The number of benzene rings is 1. The second-order valence-corrected chi connectivity index (χ2v) is 5.13. The number of esters is 1. The quantitative estimate of drug-likeness (QED) is 0.793. The van der Waals surface area contributed by atoms with Gasteiger partial charge in [-0.05, 0) is 25.5 Å². The molecule has 0 saturated carbocycles. The molecule has 6 heteroatoms. The van der Waals surface area contributed by atoms with E-state index in [1.54, 1.807) is 32.0 Å². The minimum Gasteiger partial charge on any atom is -0.465 e. The molecule has 0 aliphatic rings. The first-order valence-corrected chi connectivity index (χ1v) is 6.66. The van der Waals surface area contributed by atoms with Crippen LogP contribution in [-0.2, 0) is 19.6 Å². The number of hydrogen-bond donors (Lipinski definition) is 1. The predicted octanol–water partition coefficient (Wildman–Crippen LogP) is 0.836. The molecule has 0 bridgehead atoms. The molecule has 0 saturated heterocycles.